The van der Waals surface area contributed by atoms with Crippen LogP contribution in [0.3, 0.4) is 0 Å². The molecule has 10 nitrogen and oxygen atoms in total. The van der Waals surface area contributed by atoms with Crippen molar-refractivity contribution < 1.29 is 48.6 Å². The Morgan fingerprint density at radius 3 is 1.51 bits per heavy atom. The predicted molar refractivity (Wildman–Crippen MR) is 206 cm³/mol. The molecule has 6 rings (SSSR count). The fourth-order valence-electron chi connectivity index (χ4n) is 5.54. The van der Waals surface area contributed by atoms with Crippen molar-refractivity contribution in [1.29, 1.82) is 0 Å². The first kappa shape index (κ1) is 37.8. The molecule has 0 fully saturated rings. The van der Waals surface area contributed by atoms with Crippen molar-refractivity contribution in [3.05, 3.63) is 168 Å². The zero-order chi connectivity index (χ0) is 38.8. The summed E-state index contributed by atoms with van der Waals surface area (Å²) in [5.41, 5.74) is 3.25. The van der Waals surface area contributed by atoms with Crippen LogP contribution in [0.15, 0.2) is 146 Å². The molecule has 0 aliphatic rings. The lowest BCUT2D eigenvalue weighted by atomic mass is 9.96. The zero-order valence-electron chi connectivity index (χ0n) is 30.1. The summed E-state index contributed by atoms with van der Waals surface area (Å²) in [6.45, 7) is 4.59. The number of esters is 1. The molecule has 10 heteroatoms. The highest BCUT2D eigenvalue weighted by Gasteiger charge is 2.22. The van der Waals surface area contributed by atoms with Crippen LogP contribution in [0.25, 0.3) is 22.3 Å². The molecule has 0 bridgehead atoms. The fourth-order valence-corrected chi connectivity index (χ4v) is 5.54. The van der Waals surface area contributed by atoms with Gasteiger partial charge in [0.05, 0.1) is 29.9 Å². The first-order valence-corrected chi connectivity index (χ1v) is 17.4. The van der Waals surface area contributed by atoms with Crippen molar-refractivity contribution in [3.63, 3.8) is 0 Å². The van der Waals surface area contributed by atoms with Gasteiger partial charge in [-0.3, -0.25) is 0 Å². The van der Waals surface area contributed by atoms with E-state index in [0.717, 1.165) is 16.7 Å². The summed E-state index contributed by atoms with van der Waals surface area (Å²) in [6, 6.07) is 42.0. The van der Waals surface area contributed by atoms with Crippen molar-refractivity contribution in [2.45, 2.75) is 20.5 Å². The van der Waals surface area contributed by atoms with Gasteiger partial charge in [-0.2, -0.15) is 4.89 Å². The van der Waals surface area contributed by atoms with Crippen LogP contribution in [0.4, 0.5) is 0 Å². The third-order valence-electron chi connectivity index (χ3n) is 8.51. The first-order valence-electron chi connectivity index (χ1n) is 17.4. The Morgan fingerprint density at radius 1 is 0.509 bits per heavy atom. The smallest absolute Gasteiger partial charge is 0.344 e. The maximum absolute atomic E-state index is 13.0. The topological polar surface area (TPSA) is 138 Å². The van der Waals surface area contributed by atoms with Crippen molar-refractivity contribution in [3.8, 4) is 45.3 Å². The minimum absolute atomic E-state index is 0.0538. The van der Waals surface area contributed by atoms with Gasteiger partial charge >= 0.3 is 17.9 Å². The number of carbonyl (C=O) groups is 3. The Hall–Kier alpha value is -6.91. The molecule has 0 saturated carbocycles. The second-order valence-electron chi connectivity index (χ2n) is 13.4. The second-order valence-corrected chi connectivity index (χ2v) is 13.4. The molecule has 0 heterocycles. The molecule has 0 amide bonds. The molecule has 0 saturated heterocycles. The van der Waals surface area contributed by atoms with Crippen LogP contribution in [0.2, 0.25) is 0 Å². The monoisotopic (exact) mass is 738 g/mol. The van der Waals surface area contributed by atoms with Crippen LogP contribution < -0.4 is 19.1 Å². The normalized spacial score (nSPS) is 11.0. The molecule has 0 aliphatic carbocycles. The Morgan fingerprint density at radius 2 is 0.982 bits per heavy atom. The summed E-state index contributed by atoms with van der Waals surface area (Å²) in [6.07, 6.45) is 0. The van der Waals surface area contributed by atoms with Gasteiger partial charge in [-0.1, -0.05) is 92.7 Å². The number of ether oxygens (including phenoxy) is 3. The zero-order valence-corrected chi connectivity index (χ0v) is 30.1. The lowest BCUT2D eigenvalue weighted by molar-refractivity contribution is -0.217. The van der Waals surface area contributed by atoms with E-state index in [9.17, 15) is 24.6 Å². The van der Waals surface area contributed by atoms with Crippen molar-refractivity contribution >= 4 is 17.9 Å². The molecule has 278 valence electrons. The van der Waals surface area contributed by atoms with E-state index in [2.05, 4.69) is 0 Å². The van der Waals surface area contributed by atoms with E-state index < -0.39 is 17.9 Å². The molecular formula is C45H38O10. The van der Waals surface area contributed by atoms with Crippen LogP contribution in [0.1, 0.15) is 50.5 Å². The number of hydrogen-bond acceptors (Lipinski definition) is 8. The molecule has 6 aromatic carbocycles. The third-order valence-corrected chi connectivity index (χ3v) is 8.51. The molecular weight excluding hydrogens is 700 g/mol. The highest BCUT2D eigenvalue weighted by Crippen LogP contribution is 2.28. The van der Waals surface area contributed by atoms with E-state index >= 15 is 0 Å². The van der Waals surface area contributed by atoms with Crippen molar-refractivity contribution in [2.24, 2.45) is 5.41 Å². The van der Waals surface area contributed by atoms with Gasteiger partial charge in [-0.25, -0.2) is 14.4 Å². The predicted octanol–water partition coefficient (Wildman–Crippen LogP) is 9.63. The number of rotatable bonds is 16. The highest BCUT2D eigenvalue weighted by molar-refractivity contribution is 6.04. The van der Waals surface area contributed by atoms with E-state index in [-0.39, 0.29) is 34.5 Å². The SMILES string of the molecule is CC(C)(COc1ccc(OOCc2ccc(-c3ccccc3)cc2C(=O)O)cc1)COc1ccc(OC(=O)c2ccc(-c3ccccc3)cc2C(=O)O)cc1. The van der Waals surface area contributed by atoms with Crippen LogP contribution >= 0.6 is 0 Å². The quantitative estimate of drug-likeness (QED) is 0.0427. The van der Waals surface area contributed by atoms with Crippen molar-refractivity contribution in [2.75, 3.05) is 13.2 Å². The van der Waals surface area contributed by atoms with Gasteiger partial charge < -0.3 is 29.3 Å². The molecule has 0 aliphatic heterocycles. The summed E-state index contributed by atoms with van der Waals surface area (Å²) in [5, 5.41) is 19.5. The standard InChI is InChI=1S/C45H38O10/c1-45(2,28-51-35-16-20-37(21-17-35)54-44(50)39-24-15-33(26-41(39)43(48)49)31-11-7-4-8-12-31)29-52-36-18-22-38(23-19-36)55-53-27-34-14-13-32(25-40(34)42(46)47)30-9-5-3-6-10-30/h3-26H,27-29H2,1-2H3,(H,46,47)(H,48,49). The maximum atomic E-state index is 13.0. The second kappa shape index (κ2) is 17.3. The molecule has 55 heavy (non-hydrogen) atoms. The number of benzene rings is 6. The minimum Gasteiger partial charge on any atom is -0.493 e. The fraction of sp³-hybridized carbons (Fsp3) is 0.133. The van der Waals surface area contributed by atoms with E-state index in [1.54, 1.807) is 66.7 Å². The van der Waals surface area contributed by atoms with Gasteiger partial charge in [0.2, 0.25) is 0 Å². The lowest BCUT2D eigenvalue weighted by Crippen LogP contribution is -2.28. The Bertz CT molecular complexity index is 2250. The first-order chi connectivity index (χ1) is 26.5. The largest absolute Gasteiger partial charge is 0.493 e. The molecule has 6 aromatic rings. The lowest BCUT2D eigenvalue weighted by Gasteiger charge is -2.25. The van der Waals surface area contributed by atoms with Crippen LogP contribution in [0.5, 0.6) is 23.0 Å². The molecule has 0 atom stereocenters. The van der Waals surface area contributed by atoms with Gasteiger partial charge in [0.25, 0.3) is 0 Å². The summed E-state index contributed by atoms with van der Waals surface area (Å²) < 4.78 is 17.5. The molecule has 2 N–H and O–H groups in total. The molecule has 0 spiro atoms. The number of carboxylic acid groups (broad SMARTS) is 2. The van der Waals surface area contributed by atoms with Gasteiger partial charge in [-0.05, 0) is 94.5 Å². The Kier molecular flexibility index (Phi) is 11.9. The molecule has 0 radical (unpaired) electrons. The third kappa shape index (κ3) is 10.2. The highest BCUT2D eigenvalue weighted by atomic mass is 17.2. The Balaban J connectivity index is 0.955. The molecule has 0 unspecified atom stereocenters. The summed E-state index contributed by atoms with van der Waals surface area (Å²) in [5.74, 6) is -1.24. The van der Waals surface area contributed by atoms with Gasteiger partial charge in [0.15, 0.2) is 5.75 Å². The summed E-state index contributed by atoms with van der Waals surface area (Å²) >= 11 is 0. The van der Waals surface area contributed by atoms with E-state index in [1.165, 1.54) is 12.1 Å². The van der Waals surface area contributed by atoms with Gasteiger partial charge in [0, 0.05) is 5.41 Å². The van der Waals surface area contributed by atoms with E-state index in [0.29, 0.717) is 41.6 Å². The van der Waals surface area contributed by atoms with Crippen LogP contribution in [-0.2, 0) is 11.5 Å². The van der Waals surface area contributed by atoms with Gasteiger partial charge in [-0.15, -0.1) is 0 Å². The molecule has 0 aromatic heterocycles. The van der Waals surface area contributed by atoms with Crippen molar-refractivity contribution in [1.82, 2.24) is 0 Å². The van der Waals surface area contributed by atoms with Crippen LogP contribution in [0, 0.1) is 5.41 Å². The summed E-state index contributed by atoms with van der Waals surface area (Å²) in [4.78, 5) is 47.7. The van der Waals surface area contributed by atoms with E-state index in [4.69, 9.17) is 24.0 Å². The number of carbonyl (C=O) groups excluding carboxylic acids is 1. The number of carboxylic acids is 2. The minimum atomic E-state index is -1.23. The van der Waals surface area contributed by atoms with E-state index in [1.807, 2.05) is 80.6 Å². The Labute approximate surface area is 318 Å². The summed E-state index contributed by atoms with van der Waals surface area (Å²) in [7, 11) is 0. The van der Waals surface area contributed by atoms with Crippen LogP contribution in [-0.4, -0.2) is 41.3 Å². The maximum Gasteiger partial charge on any atom is 0.344 e. The number of aromatic carboxylic acids is 2. The number of hydrogen-bond donors (Lipinski definition) is 2. The van der Waals surface area contributed by atoms with Gasteiger partial charge in [0.1, 0.15) is 23.9 Å². The average Bonchev–Trinajstić information content (AvgIpc) is 3.20. The average molecular weight is 739 g/mol.